The monoisotopic (exact) mass is 438 g/mol. The number of carbonyl (C=O) groups is 4. The van der Waals surface area contributed by atoms with E-state index < -0.39 is 41.5 Å². The van der Waals surface area contributed by atoms with Gasteiger partial charge >= 0.3 is 17.9 Å². The van der Waals surface area contributed by atoms with E-state index in [9.17, 15) is 19.2 Å². The highest BCUT2D eigenvalue weighted by molar-refractivity contribution is 5.77. The van der Waals surface area contributed by atoms with Crippen molar-refractivity contribution in [2.45, 2.75) is 63.6 Å². The highest BCUT2D eigenvalue weighted by Gasteiger charge is 2.16. The molecule has 30 heavy (non-hydrogen) atoms. The number of carbonyl (C=O) groups excluding carboxylic acids is 1. The van der Waals surface area contributed by atoms with Crippen LogP contribution in [0.2, 0.25) is 0 Å². The van der Waals surface area contributed by atoms with Gasteiger partial charge in [0.25, 0.3) is 0 Å². The van der Waals surface area contributed by atoms with Crippen molar-refractivity contribution in [3.63, 3.8) is 0 Å². The van der Waals surface area contributed by atoms with Crippen LogP contribution in [-0.2, 0) is 19.2 Å². The summed E-state index contributed by atoms with van der Waals surface area (Å²) in [6.07, 6.45) is 0.878. The molecule has 176 valence electrons. The van der Waals surface area contributed by atoms with Gasteiger partial charge in [-0.05, 0) is 33.1 Å². The molecule has 0 aromatic carbocycles. The summed E-state index contributed by atoms with van der Waals surface area (Å²) in [5.74, 6) is -3.60. The van der Waals surface area contributed by atoms with Gasteiger partial charge in [-0.25, -0.2) is 0 Å². The first kappa shape index (κ1) is 31.7. The number of amides is 1. The predicted molar refractivity (Wildman–Crippen MR) is 108 cm³/mol. The van der Waals surface area contributed by atoms with Gasteiger partial charge in [0, 0.05) is 13.0 Å². The van der Waals surface area contributed by atoms with Gasteiger partial charge in [-0.2, -0.15) is 0 Å². The fourth-order valence-electron chi connectivity index (χ4n) is 1.43. The van der Waals surface area contributed by atoms with Gasteiger partial charge in [0.1, 0.15) is 12.1 Å². The third kappa shape index (κ3) is 29.8. The van der Waals surface area contributed by atoms with E-state index >= 15 is 0 Å². The van der Waals surface area contributed by atoms with E-state index in [1.807, 2.05) is 0 Å². The zero-order chi connectivity index (χ0) is 24.5. The molecule has 0 saturated heterocycles. The van der Waals surface area contributed by atoms with Crippen LogP contribution < -0.4 is 28.7 Å². The zero-order valence-corrected chi connectivity index (χ0v) is 17.2. The molecule has 0 aliphatic rings. The first-order valence-electron chi connectivity index (χ1n) is 8.74. The Morgan fingerprint density at radius 3 is 1.60 bits per heavy atom. The SMILES string of the molecule is CC(C)(O)CC(=O)O.NC(=O)CC[C@H](N)C(=O)O.NC(N)=NCCC[C@H](N)C(=O)O. The highest BCUT2D eigenvalue weighted by atomic mass is 16.4. The lowest BCUT2D eigenvalue weighted by molar-refractivity contribution is -0.141. The van der Waals surface area contributed by atoms with E-state index in [0.29, 0.717) is 19.4 Å². The maximum Gasteiger partial charge on any atom is 0.320 e. The smallest absolute Gasteiger partial charge is 0.320 e. The summed E-state index contributed by atoms with van der Waals surface area (Å²) < 4.78 is 0. The molecule has 0 spiro atoms. The Hall–Kier alpha value is -2.97. The van der Waals surface area contributed by atoms with Gasteiger partial charge in [0.05, 0.1) is 12.0 Å². The summed E-state index contributed by atoms with van der Waals surface area (Å²) in [6, 6.07) is -1.80. The quantitative estimate of drug-likeness (QED) is 0.0907. The van der Waals surface area contributed by atoms with Crippen molar-refractivity contribution in [2.75, 3.05) is 6.54 Å². The van der Waals surface area contributed by atoms with Gasteiger partial charge in [-0.15, -0.1) is 0 Å². The van der Waals surface area contributed by atoms with Gasteiger partial charge < -0.3 is 49.1 Å². The average molecular weight is 438 g/mol. The number of carboxylic acid groups (broad SMARTS) is 3. The Bertz CT molecular complexity index is 573. The van der Waals surface area contributed by atoms with Crippen molar-refractivity contribution in [1.82, 2.24) is 0 Å². The Labute approximate surface area is 174 Å². The van der Waals surface area contributed by atoms with Crippen molar-refractivity contribution < 1.29 is 39.6 Å². The Morgan fingerprint density at radius 2 is 1.33 bits per heavy atom. The predicted octanol–water partition coefficient (Wildman–Crippen LogP) is -2.65. The summed E-state index contributed by atoms with van der Waals surface area (Å²) in [5.41, 5.74) is 24.1. The van der Waals surface area contributed by atoms with Crippen molar-refractivity contribution in [3.8, 4) is 0 Å². The van der Waals surface area contributed by atoms with Crippen molar-refractivity contribution in [3.05, 3.63) is 0 Å². The minimum atomic E-state index is -1.11. The van der Waals surface area contributed by atoms with Crippen LogP contribution in [0.25, 0.3) is 0 Å². The topological polar surface area (TPSA) is 292 Å². The summed E-state index contributed by atoms with van der Waals surface area (Å²) >= 11 is 0. The molecule has 2 atom stereocenters. The Balaban J connectivity index is -0.000000372. The molecule has 0 aliphatic heterocycles. The molecular formula is C16H34N6O8. The lowest BCUT2D eigenvalue weighted by Gasteiger charge is -2.12. The summed E-state index contributed by atoms with van der Waals surface area (Å²) in [5, 5.41) is 33.5. The fourth-order valence-corrected chi connectivity index (χ4v) is 1.43. The number of nitrogens with zero attached hydrogens (tertiary/aromatic N) is 1. The van der Waals surface area contributed by atoms with Gasteiger partial charge in [0.2, 0.25) is 5.91 Å². The van der Waals surface area contributed by atoms with Gasteiger partial charge in [-0.1, -0.05) is 0 Å². The second kappa shape index (κ2) is 16.9. The van der Waals surface area contributed by atoms with Crippen molar-refractivity contribution in [1.29, 1.82) is 0 Å². The number of rotatable bonds is 11. The minimum Gasteiger partial charge on any atom is -0.481 e. The van der Waals surface area contributed by atoms with Gasteiger partial charge in [0.15, 0.2) is 5.96 Å². The van der Waals surface area contributed by atoms with Crippen LogP contribution in [0.4, 0.5) is 0 Å². The standard InChI is InChI=1S/C6H14N4O2.C5H10N2O3.C5H10O3/c7-4(5(11)12)2-1-3-10-6(8)9;6-3(5(9)10)1-2-4(7)8;1-5(2,8)3-4(6)7/h4H,1-3,7H2,(H,11,12)(H4,8,9,10);3H,1-2,6H2,(H2,7,8)(H,9,10);8H,3H2,1-2H3,(H,6,7)/t4-;3-;/m00./s1. The summed E-state index contributed by atoms with van der Waals surface area (Å²) in [4.78, 5) is 43.9. The number of nitrogens with two attached hydrogens (primary N) is 5. The Kier molecular flexibility index (Phi) is 17.9. The molecule has 0 unspecified atom stereocenters. The second-order valence-corrected chi connectivity index (χ2v) is 6.73. The number of carboxylic acids is 3. The maximum atomic E-state index is 10.2. The largest absolute Gasteiger partial charge is 0.481 e. The molecule has 14 nitrogen and oxygen atoms in total. The lowest BCUT2D eigenvalue weighted by atomic mass is 10.1. The molecule has 0 heterocycles. The maximum absolute atomic E-state index is 10.2. The normalized spacial score (nSPS) is 12.0. The van der Waals surface area contributed by atoms with Crippen LogP contribution in [0.5, 0.6) is 0 Å². The fraction of sp³-hybridized carbons (Fsp3) is 0.688. The van der Waals surface area contributed by atoms with Crippen LogP contribution in [0.15, 0.2) is 4.99 Å². The number of aliphatic carboxylic acids is 3. The van der Waals surface area contributed by atoms with Crippen LogP contribution in [0, 0.1) is 0 Å². The third-order valence-electron chi connectivity index (χ3n) is 2.89. The van der Waals surface area contributed by atoms with E-state index in [2.05, 4.69) is 4.99 Å². The molecule has 1 amide bonds. The molecule has 0 radical (unpaired) electrons. The molecular weight excluding hydrogens is 404 g/mol. The average Bonchev–Trinajstić information content (AvgIpc) is 2.54. The third-order valence-corrected chi connectivity index (χ3v) is 2.89. The number of hydrogen-bond acceptors (Lipinski definition) is 8. The molecule has 0 aromatic heterocycles. The van der Waals surface area contributed by atoms with Gasteiger partial charge in [-0.3, -0.25) is 24.2 Å². The highest BCUT2D eigenvalue weighted by Crippen LogP contribution is 2.05. The first-order valence-corrected chi connectivity index (χ1v) is 8.74. The van der Waals surface area contributed by atoms with Crippen LogP contribution in [0.3, 0.4) is 0 Å². The molecule has 0 aromatic rings. The molecule has 0 bridgehead atoms. The molecule has 0 rings (SSSR count). The number of guanidine groups is 1. The second-order valence-electron chi connectivity index (χ2n) is 6.73. The number of primary amides is 1. The molecule has 14 heteroatoms. The first-order chi connectivity index (χ1) is 13.5. The lowest BCUT2D eigenvalue weighted by Crippen LogP contribution is -2.31. The van der Waals surface area contributed by atoms with Crippen LogP contribution in [-0.4, -0.2) is 74.4 Å². The number of aliphatic imine (C=N–C) groups is 1. The van der Waals surface area contributed by atoms with Crippen molar-refractivity contribution in [2.24, 2.45) is 33.7 Å². The van der Waals surface area contributed by atoms with Crippen molar-refractivity contribution >= 4 is 29.8 Å². The summed E-state index contributed by atoms with van der Waals surface area (Å²) in [6.45, 7) is 3.34. The van der Waals surface area contributed by atoms with Crippen LogP contribution >= 0.6 is 0 Å². The molecule has 0 saturated carbocycles. The molecule has 0 aliphatic carbocycles. The van der Waals surface area contributed by atoms with E-state index in [-0.39, 0.29) is 25.2 Å². The van der Waals surface area contributed by atoms with E-state index in [0.717, 1.165) is 0 Å². The molecule has 14 N–H and O–H groups in total. The molecule has 0 fully saturated rings. The van der Waals surface area contributed by atoms with E-state index in [4.69, 9.17) is 49.1 Å². The number of aliphatic hydroxyl groups is 1. The Morgan fingerprint density at radius 1 is 0.900 bits per heavy atom. The summed E-state index contributed by atoms with van der Waals surface area (Å²) in [7, 11) is 0. The number of hydrogen-bond donors (Lipinski definition) is 9. The van der Waals surface area contributed by atoms with Crippen LogP contribution in [0.1, 0.15) is 46.0 Å². The van der Waals surface area contributed by atoms with E-state index in [1.54, 1.807) is 0 Å². The zero-order valence-electron chi connectivity index (χ0n) is 17.2. The van der Waals surface area contributed by atoms with E-state index in [1.165, 1.54) is 13.8 Å². The minimum absolute atomic E-state index is 0.0129.